The highest BCUT2D eigenvalue weighted by atomic mass is 35.5. The van der Waals surface area contributed by atoms with Gasteiger partial charge in [0, 0.05) is 23.6 Å². The molecule has 11 heteroatoms. The summed E-state index contributed by atoms with van der Waals surface area (Å²) in [4.78, 5) is 45.2. The van der Waals surface area contributed by atoms with Crippen LogP contribution in [-0.4, -0.2) is 52.9 Å². The zero-order valence-electron chi connectivity index (χ0n) is 20.5. The smallest absolute Gasteiger partial charge is 0.384 e. The minimum absolute atomic E-state index is 0.145. The van der Waals surface area contributed by atoms with E-state index in [2.05, 4.69) is 5.16 Å². The molecule has 1 saturated heterocycles. The third-order valence-electron chi connectivity index (χ3n) is 6.39. The predicted molar refractivity (Wildman–Crippen MR) is 130 cm³/mol. The summed E-state index contributed by atoms with van der Waals surface area (Å²) in [6, 6.07) is 8.63. The lowest BCUT2D eigenvalue weighted by Crippen LogP contribution is -2.55. The molecule has 0 bridgehead atoms. The van der Waals surface area contributed by atoms with E-state index in [1.54, 1.807) is 26.0 Å². The monoisotopic (exact) mass is 535 g/mol. The second-order valence-electron chi connectivity index (χ2n) is 9.41. The first-order valence-corrected chi connectivity index (χ1v) is 12.1. The van der Waals surface area contributed by atoms with Crippen molar-refractivity contribution in [3.8, 4) is 0 Å². The zero-order chi connectivity index (χ0) is 27.1. The molecular weight excluding hydrogens is 511 g/mol. The van der Waals surface area contributed by atoms with Crippen LogP contribution in [0.2, 0.25) is 5.02 Å². The Hall–Kier alpha value is -3.40. The average molecular weight is 536 g/mol. The summed E-state index contributed by atoms with van der Waals surface area (Å²) >= 11 is 6.17. The van der Waals surface area contributed by atoms with E-state index in [1.807, 2.05) is 13.0 Å². The predicted octanol–water partition coefficient (Wildman–Crippen LogP) is 4.93. The zero-order valence-corrected chi connectivity index (χ0v) is 21.2. The van der Waals surface area contributed by atoms with Crippen molar-refractivity contribution in [2.75, 3.05) is 19.6 Å². The highest BCUT2D eigenvalue weighted by molar-refractivity contribution is 6.30. The molecule has 0 aliphatic carbocycles. The van der Waals surface area contributed by atoms with Crippen LogP contribution in [-0.2, 0) is 26.2 Å². The molecule has 2 aromatic rings. The Kier molecular flexibility index (Phi) is 7.07. The molecule has 4 rings (SSSR count). The van der Waals surface area contributed by atoms with Gasteiger partial charge in [-0.15, -0.1) is 0 Å². The lowest BCUT2D eigenvalue weighted by Gasteiger charge is -2.33. The van der Waals surface area contributed by atoms with Gasteiger partial charge in [-0.2, -0.15) is 13.2 Å². The van der Waals surface area contributed by atoms with Crippen LogP contribution in [0, 0.1) is 6.92 Å². The Balaban J connectivity index is 1.61. The molecule has 0 aromatic heterocycles. The number of benzene rings is 2. The van der Waals surface area contributed by atoms with Crippen molar-refractivity contribution in [1.29, 1.82) is 0 Å². The quantitative estimate of drug-likeness (QED) is 0.509. The Bertz CT molecular complexity index is 1270. The van der Waals surface area contributed by atoms with Gasteiger partial charge >= 0.3 is 6.18 Å². The van der Waals surface area contributed by atoms with Gasteiger partial charge in [0.1, 0.15) is 13.1 Å². The van der Waals surface area contributed by atoms with E-state index in [1.165, 1.54) is 6.07 Å². The molecule has 1 fully saturated rings. The van der Waals surface area contributed by atoms with Gasteiger partial charge in [0.25, 0.3) is 5.91 Å². The molecule has 196 valence electrons. The lowest BCUT2D eigenvalue weighted by atomic mass is 9.87. The fourth-order valence-corrected chi connectivity index (χ4v) is 4.80. The summed E-state index contributed by atoms with van der Waals surface area (Å²) in [5.74, 6) is -2.28. The van der Waals surface area contributed by atoms with Gasteiger partial charge in [-0.05, 0) is 55.7 Å². The van der Waals surface area contributed by atoms with Crippen molar-refractivity contribution >= 4 is 35.0 Å². The summed E-state index contributed by atoms with van der Waals surface area (Å²) in [6.45, 7) is 4.67. The number of aryl methyl sites for hydroxylation is 1. The number of imide groups is 1. The van der Waals surface area contributed by atoms with E-state index in [4.69, 9.17) is 16.4 Å². The van der Waals surface area contributed by atoms with Gasteiger partial charge in [-0.25, -0.2) is 0 Å². The van der Waals surface area contributed by atoms with Gasteiger partial charge in [-0.1, -0.05) is 35.8 Å². The number of nitrogens with zero attached hydrogens (tertiary/aromatic N) is 3. The fourth-order valence-electron chi connectivity index (χ4n) is 4.52. The largest absolute Gasteiger partial charge is 0.417 e. The number of carbonyl (C=O) groups excluding carboxylic acids is 3. The lowest BCUT2D eigenvalue weighted by molar-refractivity contribution is -0.150. The molecule has 0 N–H and O–H groups in total. The van der Waals surface area contributed by atoms with Crippen molar-refractivity contribution in [1.82, 2.24) is 9.80 Å². The van der Waals surface area contributed by atoms with Gasteiger partial charge in [-0.3, -0.25) is 19.3 Å². The Morgan fingerprint density at radius 1 is 1.14 bits per heavy atom. The molecule has 0 radical (unpaired) electrons. The molecule has 2 aromatic carbocycles. The van der Waals surface area contributed by atoms with Gasteiger partial charge in [0.2, 0.25) is 11.8 Å². The molecule has 0 spiro atoms. The summed E-state index contributed by atoms with van der Waals surface area (Å²) in [6.07, 6.45) is -4.15. The standard InChI is InChI=1S/C26H25ClF3N3O4/c1-4-7-33-22(34)13-32(14-23(33)35)24(36)19-6-5-16(10-20(19)26(28,29)30)21-12-25(3,37-31-21)17-8-15(2)9-18(27)11-17/h5-6,8-11H,4,7,12-14H2,1-3H3. The normalized spacial score (nSPS) is 20.2. The summed E-state index contributed by atoms with van der Waals surface area (Å²) in [5, 5.41) is 4.55. The van der Waals surface area contributed by atoms with Crippen molar-refractivity contribution in [2.24, 2.45) is 5.16 Å². The number of halogens is 4. The number of alkyl halides is 3. The van der Waals surface area contributed by atoms with E-state index in [9.17, 15) is 27.6 Å². The first-order chi connectivity index (χ1) is 17.3. The van der Waals surface area contributed by atoms with E-state index in [-0.39, 0.29) is 24.2 Å². The van der Waals surface area contributed by atoms with E-state index < -0.39 is 53.7 Å². The fraction of sp³-hybridized carbons (Fsp3) is 0.385. The molecule has 3 amide bonds. The third-order valence-corrected chi connectivity index (χ3v) is 6.61. The second kappa shape index (κ2) is 9.81. The SMILES string of the molecule is CCCN1C(=O)CN(C(=O)c2ccc(C3=NOC(C)(c4cc(C)cc(Cl)c4)C3)cc2C(F)(F)F)CC1=O. The minimum atomic E-state index is -4.87. The van der Waals surface area contributed by atoms with Gasteiger partial charge in [0.05, 0.1) is 16.8 Å². The van der Waals surface area contributed by atoms with Crippen LogP contribution in [0.1, 0.15) is 59.3 Å². The van der Waals surface area contributed by atoms with Crippen LogP contribution in [0.15, 0.2) is 41.6 Å². The van der Waals surface area contributed by atoms with Crippen LogP contribution in [0.3, 0.4) is 0 Å². The topological polar surface area (TPSA) is 79.3 Å². The van der Waals surface area contributed by atoms with Crippen LogP contribution in [0.5, 0.6) is 0 Å². The first-order valence-electron chi connectivity index (χ1n) is 11.7. The number of amides is 3. The maximum atomic E-state index is 14.1. The highest BCUT2D eigenvalue weighted by Crippen LogP contribution is 2.39. The van der Waals surface area contributed by atoms with Gasteiger partial charge in [0.15, 0.2) is 5.60 Å². The van der Waals surface area contributed by atoms with Crippen LogP contribution in [0.4, 0.5) is 13.2 Å². The maximum Gasteiger partial charge on any atom is 0.417 e. The number of oxime groups is 1. The molecule has 1 atom stereocenters. The van der Waals surface area contributed by atoms with Crippen LogP contribution >= 0.6 is 11.6 Å². The minimum Gasteiger partial charge on any atom is -0.384 e. The number of piperazine rings is 1. The number of hydrogen-bond acceptors (Lipinski definition) is 5. The van der Waals surface area contributed by atoms with E-state index in [0.717, 1.165) is 33.1 Å². The summed E-state index contributed by atoms with van der Waals surface area (Å²) in [5.41, 5.74) is -0.702. The van der Waals surface area contributed by atoms with Gasteiger partial charge < -0.3 is 9.74 Å². The Morgan fingerprint density at radius 2 is 1.81 bits per heavy atom. The average Bonchev–Trinajstić information content (AvgIpc) is 3.22. The van der Waals surface area contributed by atoms with Crippen LogP contribution in [0.25, 0.3) is 0 Å². The van der Waals surface area contributed by atoms with E-state index >= 15 is 0 Å². The number of hydrogen-bond donors (Lipinski definition) is 0. The molecule has 2 heterocycles. The molecule has 2 aliphatic heterocycles. The molecule has 37 heavy (non-hydrogen) atoms. The third kappa shape index (κ3) is 5.34. The van der Waals surface area contributed by atoms with E-state index in [0.29, 0.717) is 11.4 Å². The van der Waals surface area contributed by atoms with Crippen molar-refractivity contribution in [2.45, 2.75) is 45.4 Å². The Labute approximate surface area is 216 Å². The van der Waals surface area contributed by atoms with Crippen LogP contribution < -0.4 is 0 Å². The second-order valence-corrected chi connectivity index (χ2v) is 9.85. The van der Waals surface area contributed by atoms with Crippen molar-refractivity contribution in [3.05, 3.63) is 69.2 Å². The number of carbonyl (C=O) groups is 3. The summed E-state index contributed by atoms with van der Waals surface area (Å²) < 4.78 is 42.2. The Morgan fingerprint density at radius 3 is 2.41 bits per heavy atom. The molecular formula is C26H25ClF3N3O4. The highest BCUT2D eigenvalue weighted by Gasteiger charge is 2.41. The first kappa shape index (κ1) is 26.7. The molecule has 7 nitrogen and oxygen atoms in total. The van der Waals surface area contributed by atoms with Crippen molar-refractivity contribution in [3.63, 3.8) is 0 Å². The molecule has 0 saturated carbocycles. The number of rotatable bonds is 5. The molecule has 2 aliphatic rings. The maximum absolute atomic E-state index is 14.1. The van der Waals surface area contributed by atoms with Crippen molar-refractivity contribution < 1.29 is 32.4 Å². The summed E-state index contributed by atoms with van der Waals surface area (Å²) in [7, 11) is 0. The molecule has 1 unspecified atom stereocenters.